The number of carbonyl (C=O) groups excluding carboxylic acids is 3. The van der Waals surface area contributed by atoms with Gasteiger partial charge in [-0.3, -0.25) is 19.3 Å². The molecule has 1 aliphatic rings. The quantitative estimate of drug-likeness (QED) is 0.492. The van der Waals surface area contributed by atoms with Crippen LogP contribution in [0.15, 0.2) is 70.8 Å². The second kappa shape index (κ2) is 10.1. The number of ether oxygens (including phenoxy) is 1. The van der Waals surface area contributed by atoms with Crippen molar-refractivity contribution < 1.29 is 24.2 Å². The standard InChI is InChI=1S/C26H25N3O5S/c1-15(2)23(31)21-22(19-5-4-11-28-25(19)34-13-20(30)27-3)29(26(33)24(21)32)18-8-6-16(7-9-18)17-10-12-35-14-17/h4-12,14-15,22,32H,13H2,1-3H3,(H,27,30). The Morgan fingerprint density at radius 2 is 1.91 bits per heavy atom. The Hall–Kier alpha value is -3.98. The molecule has 0 saturated carbocycles. The number of anilines is 1. The maximum Gasteiger partial charge on any atom is 0.294 e. The van der Waals surface area contributed by atoms with Crippen molar-refractivity contribution in [1.29, 1.82) is 0 Å². The molecule has 2 amide bonds. The molecule has 35 heavy (non-hydrogen) atoms. The van der Waals surface area contributed by atoms with Crippen LogP contribution in [0.25, 0.3) is 11.1 Å². The summed E-state index contributed by atoms with van der Waals surface area (Å²) >= 11 is 1.59. The number of hydrogen-bond acceptors (Lipinski definition) is 7. The number of amides is 2. The normalized spacial score (nSPS) is 15.6. The molecule has 0 bridgehead atoms. The number of nitrogens with one attached hydrogen (secondary N) is 1. The van der Waals surface area contributed by atoms with Gasteiger partial charge in [-0.25, -0.2) is 4.98 Å². The molecule has 8 nitrogen and oxygen atoms in total. The van der Waals surface area contributed by atoms with Crippen molar-refractivity contribution >= 4 is 34.6 Å². The molecular weight excluding hydrogens is 466 g/mol. The van der Waals surface area contributed by atoms with E-state index in [0.29, 0.717) is 11.3 Å². The van der Waals surface area contributed by atoms with Gasteiger partial charge in [0.2, 0.25) is 5.88 Å². The van der Waals surface area contributed by atoms with Gasteiger partial charge in [0, 0.05) is 30.4 Å². The number of benzene rings is 1. The summed E-state index contributed by atoms with van der Waals surface area (Å²) in [5.74, 6) is -2.38. The molecule has 3 aromatic rings. The number of aromatic nitrogens is 1. The minimum Gasteiger partial charge on any atom is -0.503 e. The van der Waals surface area contributed by atoms with Gasteiger partial charge in [-0.05, 0) is 52.2 Å². The molecule has 0 saturated heterocycles. The van der Waals surface area contributed by atoms with Crippen molar-refractivity contribution in [3.8, 4) is 17.0 Å². The van der Waals surface area contributed by atoms with Crippen LogP contribution in [0.1, 0.15) is 25.5 Å². The van der Waals surface area contributed by atoms with Crippen molar-refractivity contribution in [2.45, 2.75) is 19.9 Å². The summed E-state index contributed by atoms with van der Waals surface area (Å²) in [4.78, 5) is 43.9. The smallest absolute Gasteiger partial charge is 0.294 e. The summed E-state index contributed by atoms with van der Waals surface area (Å²) in [5.41, 5.74) is 2.90. The van der Waals surface area contributed by atoms with Gasteiger partial charge in [-0.1, -0.05) is 26.0 Å². The predicted molar refractivity (Wildman–Crippen MR) is 133 cm³/mol. The molecule has 3 heterocycles. The monoisotopic (exact) mass is 491 g/mol. The van der Waals surface area contributed by atoms with E-state index in [4.69, 9.17) is 4.74 Å². The highest BCUT2D eigenvalue weighted by Gasteiger charge is 2.46. The van der Waals surface area contributed by atoms with E-state index in [0.717, 1.165) is 11.1 Å². The van der Waals surface area contributed by atoms with Crippen LogP contribution in [-0.4, -0.2) is 41.3 Å². The summed E-state index contributed by atoms with van der Waals surface area (Å²) < 4.78 is 5.64. The molecule has 1 unspecified atom stereocenters. The Morgan fingerprint density at radius 1 is 1.17 bits per heavy atom. The molecule has 2 N–H and O–H groups in total. The summed E-state index contributed by atoms with van der Waals surface area (Å²) in [7, 11) is 1.49. The second-order valence-corrected chi connectivity index (χ2v) is 9.06. The molecule has 1 aliphatic heterocycles. The van der Waals surface area contributed by atoms with E-state index in [1.54, 1.807) is 49.4 Å². The van der Waals surface area contributed by atoms with Crippen molar-refractivity contribution in [1.82, 2.24) is 10.3 Å². The van der Waals surface area contributed by atoms with Crippen LogP contribution in [-0.2, 0) is 14.4 Å². The van der Waals surface area contributed by atoms with Crippen molar-refractivity contribution in [3.05, 3.63) is 76.3 Å². The highest BCUT2D eigenvalue weighted by atomic mass is 32.1. The van der Waals surface area contributed by atoms with E-state index in [-0.39, 0.29) is 29.8 Å². The third-order valence-electron chi connectivity index (χ3n) is 5.71. The molecular formula is C26H25N3O5S. The number of aliphatic hydroxyl groups excluding tert-OH is 1. The van der Waals surface area contributed by atoms with Crippen molar-refractivity contribution in [2.24, 2.45) is 5.92 Å². The van der Waals surface area contributed by atoms with E-state index >= 15 is 0 Å². The first-order chi connectivity index (χ1) is 16.8. The lowest BCUT2D eigenvalue weighted by Gasteiger charge is -2.28. The number of likely N-dealkylation sites (N-methyl/N-ethyl adjacent to an activating group) is 1. The minimum absolute atomic E-state index is 0.0234. The van der Waals surface area contributed by atoms with E-state index in [1.807, 2.05) is 29.0 Å². The summed E-state index contributed by atoms with van der Waals surface area (Å²) in [6.45, 7) is 3.11. The van der Waals surface area contributed by atoms with E-state index in [1.165, 1.54) is 18.1 Å². The first kappa shape index (κ1) is 24.2. The summed E-state index contributed by atoms with van der Waals surface area (Å²) in [6, 6.07) is 11.7. The molecule has 0 spiro atoms. The molecule has 1 atom stereocenters. The van der Waals surface area contributed by atoms with Crippen LogP contribution >= 0.6 is 11.3 Å². The number of rotatable bonds is 8. The lowest BCUT2D eigenvalue weighted by Crippen LogP contribution is -2.32. The average Bonchev–Trinajstić information content (AvgIpc) is 3.49. The van der Waals surface area contributed by atoms with Gasteiger partial charge in [0.25, 0.3) is 11.8 Å². The maximum absolute atomic E-state index is 13.3. The molecule has 0 radical (unpaired) electrons. The number of Topliss-reactive ketones (excluding diaryl/α,β-unsaturated/α-hetero) is 1. The number of ketones is 1. The van der Waals surface area contributed by atoms with Crippen LogP contribution < -0.4 is 15.0 Å². The third kappa shape index (κ3) is 4.67. The lowest BCUT2D eigenvalue weighted by atomic mass is 9.91. The largest absolute Gasteiger partial charge is 0.503 e. The Morgan fingerprint density at radius 3 is 2.54 bits per heavy atom. The average molecular weight is 492 g/mol. The van der Waals surface area contributed by atoms with Gasteiger partial charge < -0.3 is 15.2 Å². The summed E-state index contributed by atoms with van der Waals surface area (Å²) in [5, 5.41) is 17.3. The second-order valence-electron chi connectivity index (χ2n) is 8.28. The number of thiophene rings is 1. The number of aliphatic hydroxyl groups is 1. The zero-order valence-corrected chi connectivity index (χ0v) is 20.3. The molecule has 180 valence electrons. The molecule has 0 aliphatic carbocycles. The number of pyridine rings is 1. The zero-order valence-electron chi connectivity index (χ0n) is 19.5. The highest BCUT2D eigenvalue weighted by molar-refractivity contribution is 7.08. The molecule has 1 aromatic carbocycles. The molecule has 9 heteroatoms. The predicted octanol–water partition coefficient (Wildman–Crippen LogP) is 4.06. The van der Waals surface area contributed by atoms with E-state index in [2.05, 4.69) is 10.3 Å². The zero-order chi connectivity index (χ0) is 25.1. The Balaban J connectivity index is 1.81. The van der Waals surface area contributed by atoms with Crippen LogP contribution in [0, 0.1) is 5.92 Å². The third-order valence-corrected chi connectivity index (χ3v) is 6.40. The number of hydrogen-bond donors (Lipinski definition) is 2. The fourth-order valence-electron chi connectivity index (χ4n) is 3.91. The van der Waals surface area contributed by atoms with Crippen LogP contribution in [0.2, 0.25) is 0 Å². The maximum atomic E-state index is 13.3. The van der Waals surface area contributed by atoms with Gasteiger partial charge in [-0.15, -0.1) is 0 Å². The van der Waals surface area contributed by atoms with Crippen LogP contribution in [0.4, 0.5) is 5.69 Å². The minimum atomic E-state index is -0.974. The fourth-order valence-corrected chi connectivity index (χ4v) is 4.57. The SMILES string of the molecule is CNC(=O)COc1ncccc1C1C(C(=O)C(C)C)=C(O)C(=O)N1c1ccc(-c2ccsc2)cc1. The first-order valence-corrected chi connectivity index (χ1v) is 12.0. The Kier molecular flexibility index (Phi) is 6.97. The number of nitrogens with zero attached hydrogens (tertiary/aromatic N) is 2. The topological polar surface area (TPSA) is 109 Å². The summed E-state index contributed by atoms with van der Waals surface area (Å²) in [6.07, 6.45) is 1.49. The van der Waals surface area contributed by atoms with Gasteiger partial charge in [0.05, 0.1) is 5.57 Å². The van der Waals surface area contributed by atoms with Gasteiger partial charge in [-0.2, -0.15) is 11.3 Å². The van der Waals surface area contributed by atoms with Gasteiger partial charge in [0.1, 0.15) is 6.04 Å². The van der Waals surface area contributed by atoms with Gasteiger partial charge >= 0.3 is 0 Å². The molecule has 2 aromatic heterocycles. The Bertz CT molecular complexity index is 1280. The first-order valence-electron chi connectivity index (χ1n) is 11.0. The fraction of sp³-hybridized carbons (Fsp3) is 0.231. The van der Waals surface area contributed by atoms with Crippen LogP contribution in [0.3, 0.4) is 0 Å². The van der Waals surface area contributed by atoms with Crippen molar-refractivity contribution in [2.75, 3.05) is 18.6 Å². The van der Waals surface area contributed by atoms with E-state index in [9.17, 15) is 19.5 Å². The molecule has 0 fully saturated rings. The van der Waals surface area contributed by atoms with Crippen molar-refractivity contribution in [3.63, 3.8) is 0 Å². The molecule has 4 rings (SSSR count). The van der Waals surface area contributed by atoms with Gasteiger partial charge in [0.15, 0.2) is 18.1 Å². The number of carbonyl (C=O) groups is 3. The highest BCUT2D eigenvalue weighted by Crippen LogP contribution is 2.44. The lowest BCUT2D eigenvalue weighted by molar-refractivity contribution is -0.122. The Labute approximate surface area is 206 Å². The van der Waals surface area contributed by atoms with Crippen LogP contribution in [0.5, 0.6) is 5.88 Å². The van der Waals surface area contributed by atoms with E-state index < -0.39 is 23.6 Å².